The molecule has 0 heterocycles. The number of nitrogens with one attached hydrogen (secondary N) is 1. The molecule has 60 valence electrons. The zero-order chi connectivity index (χ0) is 9.02. The van der Waals surface area contributed by atoms with Crippen LogP contribution >= 0.6 is 0 Å². The summed E-state index contributed by atoms with van der Waals surface area (Å²) in [6.07, 6.45) is 0. The van der Waals surface area contributed by atoms with Crippen molar-refractivity contribution in [1.29, 1.82) is 0 Å². The molecular formula is C6H8N2O3. The Labute approximate surface area is 63.2 Å². The van der Waals surface area contributed by atoms with Crippen molar-refractivity contribution in [3.63, 3.8) is 0 Å². The van der Waals surface area contributed by atoms with Gasteiger partial charge in [-0.15, -0.1) is 0 Å². The van der Waals surface area contributed by atoms with Gasteiger partial charge in [0.15, 0.2) is 0 Å². The Balaban J connectivity index is 4.07. The van der Waals surface area contributed by atoms with E-state index in [0.717, 1.165) is 0 Å². The summed E-state index contributed by atoms with van der Waals surface area (Å²) in [7, 11) is 0. The van der Waals surface area contributed by atoms with Gasteiger partial charge in [-0.3, -0.25) is 19.7 Å². The summed E-state index contributed by atoms with van der Waals surface area (Å²) >= 11 is 0. The number of hydrogen-bond donors (Lipinski definition) is 2. The minimum atomic E-state index is -1.19. The first-order valence-electron chi connectivity index (χ1n) is 2.75. The summed E-state index contributed by atoms with van der Waals surface area (Å²) < 4.78 is 0. The lowest BCUT2D eigenvalue weighted by Crippen LogP contribution is -2.39. The molecule has 3 N–H and O–H groups in total. The van der Waals surface area contributed by atoms with Crippen molar-refractivity contribution in [3.8, 4) is 0 Å². The average molecular weight is 156 g/mol. The zero-order valence-electron chi connectivity index (χ0n) is 6.01. The molecule has 0 unspecified atom stereocenters. The first-order chi connectivity index (χ1) is 4.95. The number of amides is 3. The lowest BCUT2D eigenvalue weighted by molar-refractivity contribution is -0.139. The highest BCUT2D eigenvalue weighted by atomic mass is 16.2. The molecule has 5 nitrogen and oxygen atoms in total. The van der Waals surface area contributed by atoms with E-state index in [1.54, 1.807) is 5.32 Å². The third-order valence-corrected chi connectivity index (χ3v) is 0.838. The molecule has 0 saturated heterocycles. The van der Waals surface area contributed by atoms with Crippen molar-refractivity contribution in [2.45, 2.75) is 6.92 Å². The first kappa shape index (κ1) is 9.35. The van der Waals surface area contributed by atoms with Gasteiger partial charge in [0.05, 0.1) is 0 Å². The van der Waals surface area contributed by atoms with E-state index in [9.17, 15) is 14.4 Å². The molecule has 0 spiro atoms. The maximum atomic E-state index is 10.6. The highest BCUT2D eigenvalue weighted by Crippen LogP contribution is 1.84. The van der Waals surface area contributed by atoms with E-state index in [2.05, 4.69) is 12.3 Å². The minimum absolute atomic E-state index is 0.139. The Hall–Kier alpha value is -1.65. The molecule has 0 aliphatic heterocycles. The van der Waals surface area contributed by atoms with E-state index >= 15 is 0 Å². The monoisotopic (exact) mass is 156 g/mol. The molecule has 5 heteroatoms. The third-order valence-electron chi connectivity index (χ3n) is 0.838. The molecule has 0 rings (SSSR count). The Morgan fingerprint density at radius 3 is 2.00 bits per heavy atom. The van der Waals surface area contributed by atoms with Gasteiger partial charge in [-0.2, -0.15) is 0 Å². The Bertz CT molecular complexity index is 208. The van der Waals surface area contributed by atoms with E-state index in [0.29, 0.717) is 0 Å². The van der Waals surface area contributed by atoms with Gasteiger partial charge in [0.2, 0.25) is 0 Å². The fourth-order valence-electron chi connectivity index (χ4n) is 0.271. The van der Waals surface area contributed by atoms with Gasteiger partial charge in [-0.25, -0.2) is 0 Å². The molecule has 0 aromatic rings. The predicted octanol–water partition coefficient (Wildman–Crippen LogP) is -1.31. The average Bonchev–Trinajstić information content (AvgIpc) is 1.87. The van der Waals surface area contributed by atoms with Crippen LogP contribution in [0.2, 0.25) is 0 Å². The first-order valence-corrected chi connectivity index (χ1v) is 2.75. The van der Waals surface area contributed by atoms with E-state index in [1.165, 1.54) is 6.92 Å². The topological polar surface area (TPSA) is 89.3 Å². The van der Waals surface area contributed by atoms with Crippen LogP contribution in [0.4, 0.5) is 0 Å². The minimum Gasteiger partial charge on any atom is -0.361 e. The summed E-state index contributed by atoms with van der Waals surface area (Å²) in [4.78, 5) is 31.1. The van der Waals surface area contributed by atoms with Crippen LogP contribution in [0.1, 0.15) is 6.92 Å². The number of hydrogen-bond acceptors (Lipinski definition) is 3. The normalized spacial score (nSPS) is 8.45. The highest BCUT2D eigenvalue weighted by Gasteiger charge is 2.12. The second-order valence-electron chi connectivity index (χ2n) is 1.93. The van der Waals surface area contributed by atoms with Gasteiger partial charge in [-0.05, 0) is 6.92 Å². The third kappa shape index (κ3) is 3.14. The van der Waals surface area contributed by atoms with Crippen LogP contribution in [-0.2, 0) is 14.4 Å². The fraction of sp³-hybridized carbons (Fsp3) is 0.167. The highest BCUT2D eigenvalue weighted by molar-refractivity contribution is 6.37. The van der Waals surface area contributed by atoms with Crippen LogP contribution in [0.15, 0.2) is 12.2 Å². The summed E-state index contributed by atoms with van der Waals surface area (Å²) in [6.45, 7) is 4.66. The second kappa shape index (κ2) is 3.50. The van der Waals surface area contributed by atoms with Crippen LogP contribution in [0.25, 0.3) is 0 Å². The van der Waals surface area contributed by atoms with E-state index in [1.807, 2.05) is 0 Å². The van der Waals surface area contributed by atoms with E-state index in [-0.39, 0.29) is 5.57 Å². The van der Waals surface area contributed by atoms with Crippen LogP contribution in [0, 0.1) is 0 Å². The Morgan fingerprint density at radius 2 is 1.73 bits per heavy atom. The van der Waals surface area contributed by atoms with Crippen molar-refractivity contribution in [3.05, 3.63) is 12.2 Å². The summed E-state index contributed by atoms with van der Waals surface area (Å²) in [5, 5.41) is 1.73. The molecule has 0 aromatic heterocycles. The van der Waals surface area contributed by atoms with Crippen molar-refractivity contribution in [2.24, 2.45) is 5.73 Å². The standard InChI is InChI=1S/C6H8N2O3/c1-3(2)5(10)8-6(11)4(7)9/h1H2,2H3,(H2,7,9)(H,8,10,11). The van der Waals surface area contributed by atoms with Crippen LogP contribution in [0.5, 0.6) is 0 Å². The number of primary amides is 1. The Kier molecular flexibility index (Phi) is 2.98. The quantitative estimate of drug-likeness (QED) is 0.365. The van der Waals surface area contributed by atoms with Crippen molar-refractivity contribution < 1.29 is 14.4 Å². The van der Waals surface area contributed by atoms with Crippen molar-refractivity contribution >= 4 is 17.7 Å². The number of carbonyl (C=O) groups excluding carboxylic acids is 3. The predicted molar refractivity (Wildman–Crippen MR) is 37.2 cm³/mol. The fourth-order valence-corrected chi connectivity index (χ4v) is 0.271. The molecule has 3 amide bonds. The van der Waals surface area contributed by atoms with Gasteiger partial charge in [0.25, 0.3) is 5.91 Å². The smallest absolute Gasteiger partial charge is 0.315 e. The summed E-state index contributed by atoms with van der Waals surface area (Å²) in [5.41, 5.74) is 4.69. The van der Waals surface area contributed by atoms with Crippen LogP contribution in [-0.4, -0.2) is 17.7 Å². The molecule has 0 aliphatic rings. The largest absolute Gasteiger partial charge is 0.361 e. The Morgan fingerprint density at radius 1 is 1.27 bits per heavy atom. The SMILES string of the molecule is C=C(C)C(=O)NC(=O)C(N)=O. The molecule has 0 aliphatic carbocycles. The molecule has 0 bridgehead atoms. The van der Waals surface area contributed by atoms with E-state index < -0.39 is 17.7 Å². The molecule has 11 heavy (non-hydrogen) atoms. The van der Waals surface area contributed by atoms with E-state index in [4.69, 9.17) is 0 Å². The van der Waals surface area contributed by atoms with Crippen molar-refractivity contribution in [1.82, 2.24) is 5.32 Å². The molecular weight excluding hydrogens is 148 g/mol. The molecule has 0 aromatic carbocycles. The van der Waals surface area contributed by atoms with Crippen LogP contribution in [0.3, 0.4) is 0 Å². The maximum absolute atomic E-state index is 10.6. The second-order valence-corrected chi connectivity index (χ2v) is 1.93. The maximum Gasteiger partial charge on any atom is 0.315 e. The van der Waals surface area contributed by atoms with Gasteiger partial charge in [-0.1, -0.05) is 6.58 Å². The zero-order valence-corrected chi connectivity index (χ0v) is 6.01. The molecule has 0 atom stereocenters. The van der Waals surface area contributed by atoms with Gasteiger partial charge in [0, 0.05) is 5.57 Å². The molecule has 0 radical (unpaired) electrons. The number of carbonyl (C=O) groups is 3. The number of imide groups is 1. The lowest BCUT2D eigenvalue weighted by Gasteiger charge is -1.98. The van der Waals surface area contributed by atoms with Gasteiger partial charge >= 0.3 is 11.8 Å². The number of rotatable bonds is 1. The summed E-state index contributed by atoms with van der Waals surface area (Å²) in [5.74, 6) is -3.02. The molecule has 0 fully saturated rings. The molecule has 0 saturated carbocycles. The number of nitrogens with two attached hydrogens (primary N) is 1. The lowest BCUT2D eigenvalue weighted by atomic mass is 10.3. The van der Waals surface area contributed by atoms with Gasteiger partial charge < -0.3 is 5.73 Å². The van der Waals surface area contributed by atoms with Gasteiger partial charge in [0.1, 0.15) is 0 Å². The van der Waals surface area contributed by atoms with Crippen molar-refractivity contribution in [2.75, 3.05) is 0 Å². The van der Waals surface area contributed by atoms with Crippen LogP contribution < -0.4 is 11.1 Å². The summed E-state index contributed by atoms with van der Waals surface area (Å²) in [6, 6.07) is 0.